The fourth-order valence-corrected chi connectivity index (χ4v) is 3.57. The Bertz CT molecular complexity index is 781. The largest absolute Gasteiger partial charge is 0.497 e. The molecule has 0 aliphatic carbocycles. The maximum atomic E-state index is 10.7. The average Bonchev–Trinajstić information content (AvgIpc) is 2.70. The van der Waals surface area contributed by atoms with Crippen LogP contribution in [-0.4, -0.2) is 39.0 Å². The van der Waals surface area contributed by atoms with Gasteiger partial charge in [-0.3, -0.25) is 0 Å². The Morgan fingerprint density at radius 2 is 2.07 bits per heavy atom. The number of aryl methyl sites for hydroxylation is 1. The molecule has 0 bridgehead atoms. The lowest BCUT2D eigenvalue weighted by atomic mass is 9.98. The third-order valence-corrected chi connectivity index (χ3v) is 5.04. The number of hydrogen-bond acceptors (Lipinski definition) is 5. The van der Waals surface area contributed by atoms with Crippen molar-refractivity contribution in [2.75, 3.05) is 33.9 Å². The van der Waals surface area contributed by atoms with Crippen LogP contribution in [0, 0.1) is 0 Å². The van der Waals surface area contributed by atoms with Crippen LogP contribution in [0.2, 0.25) is 5.02 Å². The third-order valence-electron chi connectivity index (χ3n) is 4.74. The Morgan fingerprint density at radius 1 is 1.22 bits per heavy atom. The van der Waals surface area contributed by atoms with E-state index in [0.717, 1.165) is 54.0 Å². The molecule has 1 heterocycles. The summed E-state index contributed by atoms with van der Waals surface area (Å²) in [4.78, 5) is 0. The van der Waals surface area contributed by atoms with Gasteiger partial charge in [-0.05, 0) is 61.2 Å². The fraction of sp³-hybridized carbons (Fsp3) is 0.429. The van der Waals surface area contributed by atoms with Gasteiger partial charge < -0.3 is 24.6 Å². The summed E-state index contributed by atoms with van der Waals surface area (Å²) in [5, 5.41) is 14.6. The summed E-state index contributed by atoms with van der Waals surface area (Å²) in [7, 11) is 3.24. The topological polar surface area (TPSA) is 60.0 Å². The lowest BCUT2D eigenvalue weighted by Gasteiger charge is -2.24. The molecule has 0 aromatic heterocycles. The first-order valence-electron chi connectivity index (χ1n) is 9.17. The molecule has 0 spiro atoms. The number of nitrogens with one attached hydrogen (secondary N) is 1. The van der Waals surface area contributed by atoms with Gasteiger partial charge in [-0.1, -0.05) is 17.7 Å². The number of fused-ring (bicyclic) bond motifs is 1. The molecule has 0 fully saturated rings. The maximum absolute atomic E-state index is 10.7. The van der Waals surface area contributed by atoms with Gasteiger partial charge in [0.2, 0.25) is 0 Å². The molecule has 2 N–H and O–H groups in total. The number of methoxy groups -OCH3 is 2. The van der Waals surface area contributed by atoms with Gasteiger partial charge in [0.05, 0.1) is 32.0 Å². The molecule has 27 heavy (non-hydrogen) atoms. The quantitative estimate of drug-likeness (QED) is 0.674. The van der Waals surface area contributed by atoms with Gasteiger partial charge >= 0.3 is 0 Å². The second-order valence-electron chi connectivity index (χ2n) is 6.60. The average molecular weight is 392 g/mol. The summed E-state index contributed by atoms with van der Waals surface area (Å²) in [6, 6.07) is 9.62. The summed E-state index contributed by atoms with van der Waals surface area (Å²) < 4.78 is 16.4. The van der Waals surface area contributed by atoms with E-state index in [1.165, 1.54) is 0 Å². The van der Waals surface area contributed by atoms with E-state index in [1.54, 1.807) is 14.2 Å². The van der Waals surface area contributed by atoms with Gasteiger partial charge in [-0.15, -0.1) is 0 Å². The van der Waals surface area contributed by atoms with E-state index in [0.29, 0.717) is 23.9 Å². The normalized spacial score (nSPS) is 14.2. The summed E-state index contributed by atoms with van der Waals surface area (Å²) in [5.74, 6) is 2.23. The van der Waals surface area contributed by atoms with E-state index in [-0.39, 0.29) is 0 Å². The highest BCUT2D eigenvalue weighted by atomic mass is 35.5. The van der Waals surface area contributed by atoms with E-state index in [1.807, 2.05) is 30.3 Å². The molecule has 146 valence electrons. The van der Waals surface area contributed by atoms with Crippen molar-refractivity contribution in [1.29, 1.82) is 0 Å². The lowest BCUT2D eigenvalue weighted by molar-refractivity contribution is 0.166. The first kappa shape index (κ1) is 19.8. The van der Waals surface area contributed by atoms with E-state index in [4.69, 9.17) is 25.8 Å². The van der Waals surface area contributed by atoms with Gasteiger partial charge in [-0.25, -0.2) is 0 Å². The van der Waals surface area contributed by atoms with Crippen molar-refractivity contribution in [1.82, 2.24) is 5.32 Å². The first-order valence-corrected chi connectivity index (χ1v) is 9.55. The van der Waals surface area contributed by atoms with Crippen LogP contribution >= 0.6 is 11.6 Å². The van der Waals surface area contributed by atoms with Gasteiger partial charge in [0.25, 0.3) is 0 Å². The molecular weight excluding hydrogens is 366 g/mol. The first-order chi connectivity index (χ1) is 13.1. The maximum Gasteiger partial charge on any atom is 0.137 e. The number of rotatable bonds is 8. The highest BCUT2D eigenvalue weighted by molar-refractivity contribution is 6.32. The Balaban J connectivity index is 1.58. The summed E-state index contributed by atoms with van der Waals surface area (Å²) in [6.07, 6.45) is 2.07. The second kappa shape index (κ2) is 9.31. The van der Waals surface area contributed by atoms with Crippen LogP contribution in [0.15, 0.2) is 30.3 Å². The Labute approximate surface area is 165 Å². The van der Waals surface area contributed by atoms with Gasteiger partial charge in [0, 0.05) is 12.1 Å². The van der Waals surface area contributed by atoms with Gasteiger partial charge in [-0.2, -0.15) is 0 Å². The van der Waals surface area contributed by atoms with Crippen LogP contribution in [-0.2, 0) is 12.8 Å². The zero-order valence-electron chi connectivity index (χ0n) is 15.8. The molecule has 0 saturated heterocycles. The zero-order valence-corrected chi connectivity index (χ0v) is 16.5. The minimum Gasteiger partial charge on any atom is -0.497 e. The molecule has 0 saturated carbocycles. The number of hydrogen-bond donors (Lipinski definition) is 2. The van der Waals surface area contributed by atoms with Crippen LogP contribution in [0.3, 0.4) is 0 Å². The molecule has 0 radical (unpaired) electrons. The molecule has 6 heteroatoms. The lowest BCUT2D eigenvalue weighted by Crippen LogP contribution is -2.25. The molecule has 1 unspecified atom stereocenters. The number of ether oxygens (including phenoxy) is 3. The minimum atomic E-state index is -0.661. The molecular formula is C21H26ClNO4. The van der Waals surface area contributed by atoms with Gasteiger partial charge in [0.1, 0.15) is 17.2 Å². The smallest absolute Gasteiger partial charge is 0.137 e. The minimum absolute atomic E-state index is 0.437. The van der Waals surface area contributed by atoms with E-state index >= 15 is 0 Å². The molecule has 2 aromatic rings. The number of halogens is 1. The Hall–Kier alpha value is -1.95. The summed E-state index contributed by atoms with van der Waals surface area (Å²) in [6.45, 7) is 1.85. The Kier molecular flexibility index (Phi) is 6.83. The molecule has 1 aliphatic heterocycles. The van der Waals surface area contributed by atoms with Crippen LogP contribution in [0.1, 0.15) is 29.2 Å². The van der Waals surface area contributed by atoms with Crippen molar-refractivity contribution in [3.63, 3.8) is 0 Å². The molecule has 3 rings (SSSR count). The number of benzene rings is 2. The third kappa shape index (κ3) is 4.86. The van der Waals surface area contributed by atoms with Crippen LogP contribution in [0.5, 0.6) is 17.2 Å². The van der Waals surface area contributed by atoms with Crippen LogP contribution < -0.4 is 19.5 Å². The molecule has 1 aliphatic rings. The SMILES string of the molecule is COc1cc2c(c(C(O)CNCCc3ccc(OC)c(Cl)c3)c1)OCCC2. The van der Waals surface area contributed by atoms with E-state index in [2.05, 4.69) is 5.32 Å². The van der Waals surface area contributed by atoms with Crippen molar-refractivity contribution >= 4 is 11.6 Å². The predicted molar refractivity (Wildman–Crippen MR) is 106 cm³/mol. The number of aliphatic hydroxyl groups is 1. The molecule has 2 aromatic carbocycles. The van der Waals surface area contributed by atoms with E-state index in [9.17, 15) is 5.11 Å². The second-order valence-corrected chi connectivity index (χ2v) is 7.00. The standard InChI is InChI=1S/C21H26ClNO4/c1-25-16-11-15-4-3-9-27-21(15)17(12-16)19(24)13-23-8-7-14-5-6-20(26-2)18(22)10-14/h5-6,10-12,19,23-24H,3-4,7-9,13H2,1-2H3. The number of aliphatic hydroxyl groups excluding tert-OH is 1. The zero-order chi connectivity index (χ0) is 19.2. The Morgan fingerprint density at radius 3 is 2.81 bits per heavy atom. The van der Waals surface area contributed by atoms with Crippen molar-refractivity contribution in [3.8, 4) is 17.2 Å². The summed E-state index contributed by atoms with van der Waals surface area (Å²) >= 11 is 6.16. The van der Waals surface area contributed by atoms with Crippen molar-refractivity contribution in [2.45, 2.75) is 25.4 Å². The molecule has 0 amide bonds. The highest BCUT2D eigenvalue weighted by Crippen LogP contribution is 2.36. The van der Waals surface area contributed by atoms with Crippen molar-refractivity contribution in [2.24, 2.45) is 0 Å². The van der Waals surface area contributed by atoms with Crippen LogP contribution in [0.25, 0.3) is 0 Å². The molecule has 1 atom stereocenters. The molecule has 5 nitrogen and oxygen atoms in total. The highest BCUT2D eigenvalue weighted by Gasteiger charge is 2.21. The predicted octanol–water partition coefficient (Wildman–Crippen LogP) is 3.55. The van der Waals surface area contributed by atoms with Crippen LogP contribution in [0.4, 0.5) is 0 Å². The summed E-state index contributed by atoms with van der Waals surface area (Å²) in [5.41, 5.74) is 3.00. The van der Waals surface area contributed by atoms with Gasteiger partial charge in [0.15, 0.2) is 0 Å². The van der Waals surface area contributed by atoms with Crippen molar-refractivity contribution < 1.29 is 19.3 Å². The fourth-order valence-electron chi connectivity index (χ4n) is 3.29. The van der Waals surface area contributed by atoms with Crippen molar-refractivity contribution in [3.05, 3.63) is 52.0 Å². The monoisotopic (exact) mass is 391 g/mol. The van der Waals surface area contributed by atoms with E-state index < -0.39 is 6.10 Å².